The van der Waals surface area contributed by atoms with E-state index in [2.05, 4.69) is 206 Å². The van der Waals surface area contributed by atoms with Crippen LogP contribution in [-0.4, -0.2) is 32.5 Å². The van der Waals surface area contributed by atoms with Gasteiger partial charge < -0.3 is 0 Å². The zero-order valence-corrected chi connectivity index (χ0v) is 33.7. The van der Waals surface area contributed by atoms with Gasteiger partial charge in [-0.15, -0.1) is 0 Å². The molecule has 6 heteroatoms. The van der Waals surface area contributed by atoms with Crippen molar-refractivity contribution in [2.24, 2.45) is 0 Å². The fraction of sp³-hybridized carbons (Fsp3) is 0.0741. The Kier molecular flexibility index (Phi) is 6.86. The van der Waals surface area contributed by atoms with Gasteiger partial charge in [0, 0.05) is 22.5 Å². The average Bonchev–Trinajstić information content (AvgIpc) is 3.89. The van der Waals surface area contributed by atoms with Crippen LogP contribution in [-0.2, 0) is 5.41 Å². The number of hydrogen-bond acceptors (Lipinski definition) is 2. The van der Waals surface area contributed by atoms with Crippen molar-refractivity contribution in [3.63, 3.8) is 0 Å². The number of nitrogens with zero attached hydrogens (tertiary/aromatic N) is 4. The summed E-state index contributed by atoms with van der Waals surface area (Å²) in [6.45, 7) is 6.93. The second-order valence-corrected chi connectivity index (χ2v) is 17.7. The summed E-state index contributed by atoms with van der Waals surface area (Å²) in [5.74, 6) is 1.94. The summed E-state index contributed by atoms with van der Waals surface area (Å²) in [5, 5.41) is 0. The summed E-state index contributed by atoms with van der Waals surface area (Å²) < 4.78 is 4.95. The molecule has 0 unspecified atom stereocenters. The minimum atomic E-state index is -0.0849. The van der Waals surface area contributed by atoms with E-state index < -0.39 is 0 Å². The summed E-state index contributed by atoms with van der Waals surface area (Å²) >= 11 is 0. The van der Waals surface area contributed by atoms with Gasteiger partial charge >= 0.3 is 0 Å². The molecule has 0 fully saturated rings. The van der Waals surface area contributed by atoms with Gasteiger partial charge in [-0.05, 0) is 73.9 Å². The lowest BCUT2D eigenvalue weighted by atomic mass is 9.19. The predicted octanol–water partition coefficient (Wildman–Crippen LogP) is 8.30. The van der Waals surface area contributed by atoms with Crippen molar-refractivity contribution >= 4 is 68.3 Å². The highest BCUT2D eigenvalue weighted by Gasteiger charge is 2.50. The SMILES string of the molecule is CC(C)(C)c1cc(-c2ccccc2)c(B2c3ccc4nc(-c5ccccc5)n5c4c3B3c4c-5cccc4-n4c(-c5ccccc5)nc5ccc2c3c54)c(-c2ccccc2)c1. The van der Waals surface area contributed by atoms with Crippen LogP contribution in [0.4, 0.5) is 0 Å². The molecule has 5 heterocycles. The van der Waals surface area contributed by atoms with Crippen LogP contribution in [0.2, 0.25) is 0 Å². The Morgan fingerprint density at radius 3 is 1.23 bits per heavy atom. The van der Waals surface area contributed by atoms with Gasteiger partial charge in [-0.3, -0.25) is 9.13 Å². The number of hydrogen-bond donors (Lipinski definition) is 0. The van der Waals surface area contributed by atoms with Crippen LogP contribution in [0.1, 0.15) is 26.3 Å². The van der Waals surface area contributed by atoms with Crippen LogP contribution in [0.3, 0.4) is 0 Å². The molecule has 0 spiro atoms. The van der Waals surface area contributed by atoms with Crippen molar-refractivity contribution in [1.29, 1.82) is 0 Å². The molecule has 0 saturated carbocycles. The first-order chi connectivity index (χ1) is 29.4. The second-order valence-electron chi connectivity index (χ2n) is 17.7. The van der Waals surface area contributed by atoms with E-state index in [4.69, 9.17) is 9.97 Å². The minimum Gasteiger partial charge on any atom is -0.293 e. The lowest BCUT2D eigenvalue weighted by Crippen LogP contribution is -2.77. The molecule has 3 aliphatic heterocycles. The third-order valence-electron chi connectivity index (χ3n) is 13.4. The monoisotopic (exact) mass is 764 g/mol. The lowest BCUT2D eigenvalue weighted by Gasteiger charge is -2.41. The lowest BCUT2D eigenvalue weighted by molar-refractivity contribution is 0.591. The third-order valence-corrected chi connectivity index (χ3v) is 13.4. The zero-order valence-electron chi connectivity index (χ0n) is 33.7. The Bertz CT molecular complexity index is 3190. The van der Waals surface area contributed by atoms with E-state index in [1.54, 1.807) is 0 Å². The van der Waals surface area contributed by atoms with Gasteiger partial charge in [0.05, 0.1) is 22.1 Å². The van der Waals surface area contributed by atoms with Crippen molar-refractivity contribution in [3.8, 4) is 56.4 Å². The van der Waals surface area contributed by atoms with Crippen molar-refractivity contribution in [3.05, 3.63) is 181 Å². The fourth-order valence-corrected chi connectivity index (χ4v) is 10.8. The van der Waals surface area contributed by atoms with Crippen LogP contribution < -0.4 is 32.8 Å². The molecule has 0 aliphatic carbocycles. The van der Waals surface area contributed by atoms with Crippen molar-refractivity contribution < 1.29 is 0 Å². The molecule has 0 amide bonds. The summed E-state index contributed by atoms with van der Waals surface area (Å²) in [7, 11) is 0. The molecular formula is C54H38B2N4. The fourth-order valence-electron chi connectivity index (χ4n) is 10.8. The number of aromatic nitrogens is 4. The third kappa shape index (κ3) is 4.53. The average molecular weight is 765 g/mol. The van der Waals surface area contributed by atoms with E-state index in [0.29, 0.717) is 0 Å². The molecule has 0 atom stereocenters. The maximum Gasteiger partial charge on any atom is 0.251 e. The second kappa shape index (κ2) is 12.2. The first-order valence-electron chi connectivity index (χ1n) is 21.1. The molecule has 8 aromatic carbocycles. The molecule has 3 aliphatic rings. The Hall–Kier alpha value is -7.17. The highest BCUT2D eigenvalue weighted by atomic mass is 15.1. The Balaban J connectivity index is 1.24. The summed E-state index contributed by atoms with van der Waals surface area (Å²) in [6.07, 6.45) is 0. The van der Waals surface area contributed by atoms with Gasteiger partial charge in [-0.1, -0.05) is 189 Å². The highest BCUT2D eigenvalue weighted by molar-refractivity contribution is 7.14. The van der Waals surface area contributed by atoms with E-state index in [1.165, 1.54) is 83.0 Å². The van der Waals surface area contributed by atoms with Gasteiger partial charge in [0.1, 0.15) is 11.6 Å². The van der Waals surface area contributed by atoms with Gasteiger partial charge in [-0.2, -0.15) is 0 Å². The smallest absolute Gasteiger partial charge is 0.251 e. The van der Waals surface area contributed by atoms with Crippen LogP contribution in [0.25, 0.3) is 78.5 Å². The van der Waals surface area contributed by atoms with E-state index in [1.807, 2.05) is 0 Å². The summed E-state index contributed by atoms with van der Waals surface area (Å²) in [6, 6.07) is 64.8. The molecule has 0 bridgehead atoms. The maximum absolute atomic E-state index is 5.50. The van der Waals surface area contributed by atoms with Crippen molar-refractivity contribution in [1.82, 2.24) is 19.1 Å². The summed E-state index contributed by atoms with van der Waals surface area (Å²) in [4.78, 5) is 11.0. The zero-order chi connectivity index (χ0) is 39.9. The topological polar surface area (TPSA) is 35.6 Å². The van der Waals surface area contributed by atoms with Crippen LogP contribution in [0.5, 0.6) is 0 Å². The number of imidazole rings is 2. The van der Waals surface area contributed by atoms with Crippen molar-refractivity contribution in [2.75, 3.05) is 0 Å². The Morgan fingerprint density at radius 2 is 0.817 bits per heavy atom. The highest BCUT2D eigenvalue weighted by Crippen LogP contribution is 2.38. The van der Waals surface area contributed by atoms with Crippen LogP contribution in [0, 0.1) is 0 Å². The van der Waals surface area contributed by atoms with Crippen LogP contribution in [0.15, 0.2) is 176 Å². The standard InChI is InChI=1S/C54H38B2N4/c1-54(2,3)37-31-38(33-17-8-4-9-18-33)46(39(32-37)34-19-10-5-11-20-34)55-40-27-29-42-50-47(40)56-48-41(55)28-30-43-51(48)60(53(58-43)36-23-14-7-15-24-36)45-26-16-25-44(49(45)56)59(50)52(57-42)35-21-12-6-13-22-35/h4-32H,1-3H3. The van der Waals surface area contributed by atoms with Gasteiger partial charge in [0.2, 0.25) is 6.71 Å². The van der Waals surface area contributed by atoms with Crippen molar-refractivity contribution in [2.45, 2.75) is 26.2 Å². The normalized spacial score (nSPS) is 13.2. The molecular weight excluding hydrogens is 726 g/mol. The molecule has 0 saturated heterocycles. The molecule has 0 radical (unpaired) electrons. The molecule has 4 nitrogen and oxygen atoms in total. The quantitative estimate of drug-likeness (QED) is 0.166. The van der Waals surface area contributed by atoms with E-state index in [0.717, 1.165) is 33.8 Å². The van der Waals surface area contributed by atoms with E-state index in [9.17, 15) is 0 Å². The first kappa shape index (κ1) is 33.8. The van der Waals surface area contributed by atoms with E-state index >= 15 is 0 Å². The first-order valence-corrected chi connectivity index (χ1v) is 21.1. The Morgan fingerprint density at radius 1 is 0.400 bits per heavy atom. The molecule has 60 heavy (non-hydrogen) atoms. The summed E-state index contributed by atoms with van der Waals surface area (Å²) in [5.41, 5.74) is 23.3. The number of benzene rings is 8. The molecule has 280 valence electrons. The van der Waals surface area contributed by atoms with E-state index in [-0.39, 0.29) is 18.8 Å². The Labute approximate surface area is 350 Å². The molecule has 2 aromatic heterocycles. The molecule has 10 aromatic rings. The van der Waals surface area contributed by atoms with Crippen LogP contribution >= 0.6 is 0 Å². The predicted molar refractivity (Wildman–Crippen MR) is 252 cm³/mol. The number of rotatable bonds is 5. The maximum atomic E-state index is 5.50. The van der Waals surface area contributed by atoms with Gasteiger partial charge in [0.15, 0.2) is 0 Å². The number of fused-ring (bicyclic) bond motifs is 2. The molecule has 13 rings (SSSR count). The van der Waals surface area contributed by atoms with Gasteiger partial charge in [0.25, 0.3) is 6.71 Å². The molecule has 0 N–H and O–H groups in total. The van der Waals surface area contributed by atoms with Gasteiger partial charge in [-0.25, -0.2) is 9.97 Å². The minimum absolute atomic E-state index is 0.0136. The largest absolute Gasteiger partial charge is 0.293 e.